The number of nitrogens with one attached hydrogen (secondary N) is 1. The Labute approximate surface area is 215 Å². The Morgan fingerprint density at radius 3 is 2.56 bits per heavy atom. The number of halogens is 1. The monoisotopic (exact) mass is 505 g/mol. The Morgan fingerprint density at radius 1 is 1.06 bits per heavy atom. The average Bonchev–Trinajstić information content (AvgIpc) is 3.53. The number of aromatic amines is 1. The first-order valence-electron chi connectivity index (χ1n) is 12.9. The second-order valence-electron chi connectivity index (χ2n) is 9.66. The summed E-state index contributed by atoms with van der Waals surface area (Å²) in [6, 6.07) is 11.9. The van der Waals surface area contributed by atoms with Gasteiger partial charge in [-0.25, -0.2) is 9.89 Å². The van der Waals surface area contributed by atoms with Crippen LogP contribution in [0.2, 0.25) is 5.15 Å². The standard InChI is InChI=1S/C27H32ClN7O/c1-2-3-13-24-25(28)35(17-19-9-5-4-6-10-19)27(36)34(24)18-21-15-14-20(16-29-21)22-11-7-8-12-23(22)26-30-32-33-31-26/h7-8,11-12,14-16,19H,2-6,9-10,13,17-18H2,1H3,(H,30,31,32,33). The quantitative estimate of drug-likeness (QED) is 0.323. The molecule has 0 aliphatic heterocycles. The molecule has 188 valence electrons. The maximum atomic E-state index is 13.5. The van der Waals surface area contributed by atoms with Gasteiger partial charge in [-0.15, -0.1) is 5.10 Å². The normalized spacial score (nSPS) is 14.4. The van der Waals surface area contributed by atoms with Gasteiger partial charge in [0.15, 0.2) is 5.82 Å². The van der Waals surface area contributed by atoms with Crippen molar-refractivity contribution in [3.8, 4) is 22.5 Å². The molecular weight excluding hydrogens is 474 g/mol. The van der Waals surface area contributed by atoms with Gasteiger partial charge >= 0.3 is 5.69 Å². The predicted octanol–water partition coefficient (Wildman–Crippen LogP) is 5.52. The fourth-order valence-electron chi connectivity index (χ4n) is 5.20. The van der Waals surface area contributed by atoms with E-state index in [1.165, 1.54) is 32.1 Å². The van der Waals surface area contributed by atoms with Crippen molar-refractivity contribution in [3.63, 3.8) is 0 Å². The summed E-state index contributed by atoms with van der Waals surface area (Å²) >= 11 is 6.83. The molecule has 1 fully saturated rings. The van der Waals surface area contributed by atoms with Gasteiger partial charge in [-0.1, -0.05) is 74.5 Å². The van der Waals surface area contributed by atoms with Gasteiger partial charge in [0.05, 0.1) is 17.9 Å². The van der Waals surface area contributed by atoms with E-state index in [4.69, 9.17) is 16.6 Å². The second-order valence-corrected chi connectivity index (χ2v) is 10.0. The zero-order valence-electron chi connectivity index (χ0n) is 20.7. The highest BCUT2D eigenvalue weighted by molar-refractivity contribution is 6.30. The highest BCUT2D eigenvalue weighted by atomic mass is 35.5. The van der Waals surface area contributed by atoms with E-state index in [2.05, 4.69) is 27.5 Å². The van der Waals surface area contributed by atoms with E-state index < -0.39 is 0 Å². The van der Waals surface area contributed by atoms with E-state index in [1.807, 2.05) is 47.2 Å². The van der Waals surface area contributed by atoms with E-state index in [0.717, 1.165) is 47.3 Å². The Bertz CT molecular complexity index is 1340. The summed E-state index contributed by atoms with van der Waals surface area (Å²) in [6.45, 7) is 3.27. The molecule has 0 radical (unpaired) electrons. The maximum Gasteiger partial charge on any atom is 0.329 e. The molecule has 9 heteroatoms. The van der Waals surface area contributed by atoms with Crippen LogP contribution in [0.1, 0.15) is 63.3 Å². The number of unbranched alkanes of at least 4 members (excludes halogenated alkanes) is 1. The minimum absolute atomic E-state index is 0.0225. The number of aromatic nitrogens is 7. The molecule has 0 amide bonds. The highest BCUT2D eigenvalue weighted by Gasteiger charge is 2.22. The molecule has 1 aromatic carbocycles. The van der Waals surface area contributed by atoms with Crippen molar-refractivity contribution in [2.45, 2.75) is 71.4 Å². The molecule has 8 nitrogen and oxygen atoms in total. The molecule has 1 aliphatic rings. The van der Waals surface area contributed by atoms with Crippen LogP contribution in [0.25, 0.3) is 22.5 Å². The zero-order chi connectivity index (χ0) is 24.9. The van der Waals surface area contributed by atoms with Crippen LogP contribution in [-0.2, 0) is 19.5 Å². The molecule has 0 bridgehead atoms. The Morgan fingerprint density at radius 2 is 1.86 bits per heavy atom. The number of benzene rings is 1. The number of pyridine rings is 1. The molecule has 1 aliphatic carbocycles. The molecule has 1 saturated carbocycles. The van der Waals surface area contributed by atoms with E-state index in [9.17, 15) is 4.79 Å². The molecule has 5 rings (SSSR count). The molecule has 3 aromatic heterocycles. The largest absolute Gasteiger partial charge is 0.329 e. The number of hydrogen-bond acceptors (Lipinski definition) is 5. The number of hydrogen-bond donors (Lipinski definition) is 1. The third kappa shape index (κ3) is 5.14. The SMILES string of the molecule is CCCCc1c(Cl)n(CC2CCCCC2)c(=O)n1Cc1ccc(-c2ccccc2-c2nnn[nH]2)cn1. The zero-order valence-corrected chi connectivity index (χ0v) is 21.4. The smallest absolute Gasteiger partial charge is 0.289 e. The average molecular weight is 506 g/mol. The van der Waals surface area contributed by atoms with Crippen molar-refractivity contribution < 1.29 is 0 Å². The topological polar surface area (TPSA) is 94.3 Å². The summed E-state index contributed by atoms with van der Waals surface area (Å²) in [4.78, 5) is 18.2. The van der Waals surface area contributed by atoms with Crippen molar-refractivity contribution in [2.75, 3.05) is 0 Å². The second kappa shape index (κ2) is 11.2. The van der Waals surface area contributed by atoms with Gasteiger partial charge in [-0.05, 0) is 53.7 Å². The highest BCUT2D eigenvalue weighted by Crippen LogP contribution is 2.30. The lowest BCUT2D eigenvalue weighted by molar-refractivity contribution is 0.315. The van der Waals surface area contributed by atoms with Gasteiger partial charge in [-0.2, -0.15) is 0 Å². The first kappa shape index (κ1) is 24.4. The summed E-state index contributed by atoms with van der Waals surface area (Å²) < 4.78 is 3.63. The fraction of sp³-hybridized carbons (Fsp3) is 0.444. The van der Waals surface area contributed by atoms with Gasteiger partial charge in [-0.3, -0.25) is 14.1 Å². The Kier molecular flexibility index (Phi) is 7.60. The van der Waals surface area contributed by atoms with Gasteiger partial charge in [0, 0.05) is 23.9 Å². The van der Waals surface area contributed by atoms with Gasteiger partial charge in [0.25, 0.3) is 0 Å². The number of imidazole rings is 1. The first-order chi connectivity index (χ1) is 17.7. The first-order valence-corrected chi connectivity index (χ1v) is 13.3. The summed E-state index contributed by atoms with van der Waals surface area (Å²) in [5, 5.41) is 14.9. The van der Waals surface area contributed by atoms with Crippen molar-refractivity contribution in [2.24, 2.45) is 5.92 Å². The van der Waals surface area contributed by atoms with E-state index in [1.54, 1.807) is 4.57 Å². The molecule has 1 N–H and O–H groups in total. The molecule has 3 heterocycles. The van der Waals surface area contributed by atoms with Crippen LogP contribution >= 0.6 is 11.6 Å². The number of rotatable bonds is 9. The minimum atomic E-state index is -0.0225. The van der Waals surface area contributed by atoms with Crippen LogP contribution in [0.15, 0.2) is 47.4 Å². The van der Waals surface area contributed by atoms with Gasteiger partial charge < -0.3 is 0 Å². The van der Waals surface area contributed by atoms with Crippen LogP contribution in [0.5, 0.6) is 0 Å². The van der Waals surface area contributed by atoms with Crippen LogP contribution in [0.4, 0.5) is 0 Å². The van der Waals surface area contributed by atoms with Crippen LogP contribution in [0, 0.1) is 5.92 Å². The van der Waals surface area contributed by atoms with Crippen LogP contribution < -0.4 is 5.69 Å². The minimum Gasteiger partial charge on any atom is -0.289 e. The molecule has 0 saturated heterocycles. The van der Waals surface area contributed by atoms with Crippen LogP contribution in [-0.4, -0.2) is 34.7 Å². The number of H-pyrrole nitrogens is 1. The molecule has 0 atom stereocenters. The van der Waals surface area contributed by atoms with Gasteiger partial charge in [0.2, 0.25) is 0 Å². The number of nitrogens with zero attached hydrogens (tertiary/aromatic N) is 6. The van der Waals surface area contributed by atoms with Crippen molar-refractivity contribution in [1.29, 1.82) is 0 Å². The fourth-order valence-corrected chi connectivity index (χ4v) is 5.54. The third-order valence-electron chi connectivity index (χ3n) is 7.18. The Hall–Kier alpha value is -3.26. The van der Waals surface area contributed by atoms with Crippen molar-refractivity contribution >= 4 is 11.6 Å². The van der Waals surface area contributed by atoms with Crippen molar-refractivity contribution in [3.05, 3.63) is 69.6 Å². The lowest BCUT2D eigenvalue weighted by atomic mass is 9.89. The Balaban J connectivity index is 1.42. The lowest BCUT2D eigenvalue weighted by Crippen LogP contribution is -2.28. The molecule has 0 unspecified atom stereocenters. The lowest BCUT2D eigenvalue weighted by Gasteiger charge is -2.21. The summed E-state index contributed by atoms with van der Waals surface area (Å²) in [5.41, 5.74) is 4.57. The van der Waals surface area contributed by atoms with Crippen LogP contribution in [0.3, 0.4) is 0 Å². The molecule has 4 aromatic rings. The summed E-state index contributed by atoms with van der Waals surface area (Å²) in [7, 11) is 0. The number of tetrazole rings is 1. The molecule has 0 spiro atoms. The molecule has 36 heavy (non-hydrogen) atoms. The summed E-state index contributed by atoms with van der Waals surface area (Å²) in [6.07, 6.45) is 10.8. The van der Waals surface area contributed by atoms with Crippen molar-refractivity contribution in [1.82, 2.24) is 34.7 Å². The van der Waals surface area contributed by atoms with Gasteiger partial charge in [0.1, 0.15) is 5.15 Å². The summed E-state index contributed by atoms with van der Waals surface area (Å²) in [5.74, 6) is 1.14. The molecular formula is C27H32ClN7O. The third-order valence-corrected chi connectivity index (χ3v) is 7.60. The van der Waals surface area contributed by atoms with E-state index in [-0.39, 0.29) is 5.69 Å². The van der Waals surface area contributed by atoms with E-state index in [0.29, 0.717) is 30.0 Å². The van der Waals surface area contributed by atoms with E-state index >= 15 is 0 Å². The predicted molar refractivity (Wildman–Crippen MR) is 141 cm³/mol. The maximum absolute atomic E-state index is 13.5.